The highest BCUT2D eigenvalue weighted by Crippen LogP contribution is 2.08. The number of carbonyl (C=O) groups excluding carboxylic acids is 1. The summed E-state index contributed by atoms with van der Waals surface area (Å²) >= 11 is 0. The van der Waals surface area contributed by atoms with Gasteiger partial charge in [0.25, 0.3) is 0 Å². The summed E-state index contributed by atoms with van der Waals surface area (Å²) in [7, 11) is 0. The van der Waals surface area contributed by atoms with Gasteiger partial charge >= 0.3 is 0 Å². The lowest BCUT2D eigenvalue weighted by molar-refractivity contribution is -0.107. The van der Waals surface area contributed by atoms with Crippen molar-refractivity contribution in [2.45, 2.75) is 32.9 Å². The summed E-state index contributed by atoms with van der Waals surface area (Å²) in [4.78, 5) is 10.4. The lowest BCUT2D eigenvalue weighted by Gasteiger charge is -2.10. The van der Waals surface area contributed by atoms with Crippen molar-refractivity contribution < 1.29 is 4.79 Å². The van der Waals surface area contributed by atoms with Gasteiger partial charge in [-0.1, -0.05) is 38.1 Å². The lowest BCUT2D eigenvalue weighted by atomic mass is 10.1. The van der Waals surface area contributed by atoms with Gasteiger partial charge in [-0.25, -0.2) is 0 Å². The van der Waals surface area contributed by atoms with E-state index in [9.17, 15) is 4.79 Å². The van der Waals surface area contributed by atoms with Crippen molar-refractivity contribution in [1.29, 1.82) is 0 Å². The van der Waals surface area contributed by atoms with E-state index >= 15 is 0 Å². The Morgan fingerprint density at radius 3 is 2.50 bits per heavy atom. The highest BCUT2D eigenvalue weighted by molar-refractivity contribution is 5.56. The molecule has 76 valence electrons. The summed E-state index contributed by atoms with van der Waals surface area (Å²) in [6, 6.07) is 8.52. The fourth-order valence-electron chi connectivity index (χ4n) is 1.33. The van der Waals surface area contributed by atoms with Crippen molar-refractivity contribution in [3.05, 3.63) is 35.4 Å². The zero-order valence-electron chi connectivity index (χ0n) is 8.79. The second-order valence-corrected chi connectivity index (χ2v) is 3.68. The summed E-state index contributed by atoms with van der Waals surface area (Å²) in [5, 5.41) is 3.34. The fourth-order valence-corrected chi connectivity index (χ4v) is 1.33. The first kappa shape index (κ1) is 10.9. The van der Waals surface area contributed by atoms with Gasteiger partial charge in [-0.2, -0.15) is 0 Å². The molecule has 0 spiro atoms. The third-order valence-corrected chi connectivity index (χ3v) is 2.12. The van der Waals surface area contributed by atoms with E-state index in [-0.39, 0.29) is 0 Å². The summed E-state index contributed by atoms with van der Waals surface area (Å²) in [5.41, 5.74) is 2.34. The third kappa shape index (κ3) is 3.30. The number of aldehydes is 1. The molecule has 0 atom stereocenters. The molecule has 2 heteroatoms. The molecule has 0 fully saturated rings. The third-order valence-electron chi connectivity index (χ3n) is 2.12. The van der Waals surface area contributed by atoms with Gasteiger partial charge in [-0.05, 0) is 11.1 Å². The maximum absolute atomic E-state index is 10.4. The zero-order valence-corrected chi connectivity index (χ0v) is 8.79. The monoisotopic (exact) mass is 191 g/mol. The van der Waals surface area contributed by atoms with Gasteiger partial charge in [-0.3, -0.25) is 0 Å². The first-order valence-corrected chi connectivity index (χ1v) is 4.98. The molecule has 0 bridgehead atoms. The molecular formula is C12H17NO. The van der Waals surface area contributed by atoms with Crippen molar-refractivity contribution in [2.75, 3.05) is 0 Å². The normalized spacial score (nSPS) is 10.5. The fraction of sp³-hybridized carbons (Fsp3) is 0.417. The first-order chi connectivity index (χ1) is 6.74. The van der Waals surface area contributed by atoms with E-state index in [0.29, 0.717) is 12.5 Å². The van der Waals surface area contributed by atoms with Crippen LogP contribution in [0.15, 0.2) is 24.3 Å². The molecule has 0 heterocycles. The molecule has 0 aliphatic carbocycles. The Kier molecular flexibility index (Phi) is 4.33. The topological polar surface area (TPSA) is 29.1 Å². The number of benzene rings is 1. The average molecular weight is 191 g/mol. The van der Waals surface area contributed by atoms with Crippen LogP contribution in [-0.4, -0.2) is 12.3 Å². The van der Waals surface area contributed by atoms with E-state index in [1.165, 1.54) is 5.56 Å². The van der Waals surface area contributed by atoms with Crippen molar-refractivity contribution in [3.63, 3.8) is 0 Å². The Morgan fingerprint density at radius 2 is 1.93 bits per heavy atom. The van der Waals surface area contributed by atoms with Crippen LogP contribution in [0.1, 0.15) is 25.0 Å². The molecule has 0 saturated carbocycles. The highest BCUT2D eigenvalue weighted by Gasteiger charge is 2.01. The lowest BCUT2D eigenvalue weighted by Crippen LogP contribution is -2.22. The molecular weight excluding hydrogens is 174 g/mol. The molecule has 1 N–H and O–H groups in total. The predicted molar refractivity (Wildman–Crippen MR) is 58.2 cm³/mol. The maximum atomic E-state index is 10.4. The van der Waals surface area contributed by atoms with Crippen LogP contribution < -0.4 is 5.32 Å². The molecule has 0 aliphatic rings. The second-order valence-electron chi connectivity index (χ2n) is 3.68. The predicted octanol–water partition coefficient (Wildman–Crippen LogP) is 1.93. The quantitative estimate of drug-likeness (QED) is 0.720. The van der Waals surface area contributed by atoms with E-state index < -0.39 is 0 Å². The van der Waals surface area contributed by atoms with Crippen LogP contribution in [0.2, 0.25) is 0 Å². The smallest absolute Gasteiger partial charge is 0.124 e. The number of hydrogen-bond donors (Lipinski definition) is 1. The number of rotatable bonds is 5. The Bertz CT molecular complexity index is 294. The van der Waals surface area contributed by atoms with E-state index in [2.05, 4.69) is 25.2 Å². The molecule has 2 nitrogen and oxygen atoms in total. The van der Waals surface area contributed by atoms with Gasteiger partial charge in [0.1, 0.15) is 6.29 Å². The first-order valence-electron chi connectivity index (χ1n) is 4.98. The van der Waals surface area contributed by atoms with Gasteiger partial charge in [-0.15, -0.1) is 0 Å². The molecule has 14 heavy (non-hydrogen) atoms. The maximum Gasteiger partial charge on any atom is 0.124 e. The van der Waals surface area contributed by atoms with Crippen molar-refractivity contribution in [2.24, 2.45) is 0 Å². The largest absolute Gasteiger partial charge is 0.310 e. The van der Waals surface area contributed by atoms with E-state index in [1.807, 2.05) is 18.2 Å². The average Bonchev–Trinajstić information content (AvgIpc) is 2.17. The molecule has 0 radical (unpaired) electrons. The zero-order chi connectivity index (χ0) is 10.4. The minimum atomic E-state index is 0.472. The van der Waals surface area contributed by atoms with E-state index in [1.54, 1.807) is 0 Å². The number of nitrogens with one attached hydrogen (secondary N) is 1. The van der Waals surface area contributed by atoms with Crippen LogP contribution in [0, 0.1) is 0 Å². The Morgan fingerprint density at radius 1 is 1.29 bits per heavy atom. The molecule has 1 aromatic carbocycles. The summed E-state index contributed by atoms with van der Waals surface area (Å²) < 4.78 is 0. The van der Waals surface area contributed by atoms with Gasteiger partial charge in [0.05, 0.1) is 0 Å². The Hall–Kier alpha value is -1.15. The molecule has 0 unspecified atom stereocenters. The van der Waals surface area contributed by atoms with Crippen molar-refractivity contribution >= 4 is 6.29 Å². The number of carbonyl (C=O) groups is 1. The minimum Gasteiger partial charge on any atom is -0.310 e. The minimum absolute atomic E-state index is 0.472. The standard InChI is InChI=1S/C12H17NO/c1-10(2)13-9-12-6-4-3-5-11(12)7-8-14/h3-6,8,10,13H,7,9H2,1-2H3. The van der Waals surface area contributed by atoms with Crippen LogP contribution in [0.3, 0.4) is 0 Å². The molecule has 1 rings (SSSR count). The molecule has 0 saturated heterocycles. The van der Waals surface area contributed by atoms with Crippen LogP contribution >= 0.6 is 0 Å². The van der Waals surface area contributed by atoms with Crippen LogP contribution in [-0.2, 0) is 17.8 Å². The Balaban J connectivity index is 2.68. The summed E-state index contributed by atoms with van der Waals surface area (Å²) in [6.07, 6.45) is 1.46. The van der Waals surface area contributed by atoms with Gasteiger partial charge in [0.15, 0.2) is 0 Å². The van der Waals surface area contributed by atoms with E-state index in [4.69, 9.17) is 0 Å². The van der Waals surface area contributed by atoms with Crippen LogP contribution in [0.25, 0.3) is 0 Å². The van der Waals surface area contributed by atoms with Crippen LogP contribution in [0.4, 0.5) is 0 Å². The SMILES string of the molecule is CC(C)NCc1ccccc1CC=O. The van der Waals surface area contributed by atoms with Gasteiger partial charge in [0.2, 0.25) is 0 Å². The number of hydrogen-bond acceptors (Lipinski definition) is 2. The van der Waals surface area contributed by atoms with Crippen LogP contribution in [0.5, 0.6) is 0 Å². The molecule has 0 aliphatic heterocycles. The van der Waals surface area contributed by atoms with Crippen molar-refractivity contribution in [3.8, 4) is 0 Å². The molecule has 0 amide bonds. The summed E-state index contributed by atoms with van der Waals surface area (Å²) in [5.74, 6) is 0. The second kappa shape index (κ2) is 5.55. The van der Waals surface area contributed by atoms with Crippen molar-refractivity contribution in [1.82, 2.24) is 5.32 Å². The highest BCUT2D eigenvalue weighted by atomic mass is 16.1. The van der Waals surface area contributed by atoms with Gasteiger partial charge < -0.3 is 10.1 Å². The Labute approximate surface area is 85.3 Å². The molecule has 0 aromatic heterocycles. The summed E-state index contributed by atoms with van der Waals surface area (Å²) in [6.45, 7) is 5.06. The van der Waals surface area contributed by atoms with Gasteiger partial charge in [0, 0.05) is 19.0 Å². The molecule has 1 aromatic rings. The van der Waals surface area contributed by atoms with E-state index in [0.717, 1.165) is 18.4 Å².